The molecule has 34 heavy (non-hydrogen) atoms. The first kappa shape index (κ1) is 24.8. The summed E-state index contributed by atoms with van der Waals surface area (Å²) in [7, 11) is 0. The minimum atomic E-state index is -0.744. The van der Waals surface area contributed by atoms with Crippen LogP contribution in [-0.2, 0) is 6.42 Å². The maximum atomic E-state index is 15.1. The van der Waals surface area contributed by atoms with Crippen molar-refractivity contribution in [2.24, 2.45) is 11.8 Å². The summed E-state index contributed by atoms with van der Waals surface area (Å²) in [5.74, 6) is -0.354. The van der Waals surface area contributed by atoms with Crippen molar-refractivity contribution in [3.05, 3.63) is 82.7 Å². The summed E-state index contributed by atoms with van der Waals surface area (Å²) in [5.41, 5.74) is 3.36. The lowest BCUT2D eigenvalue weighted by Crippen LogP contribution is -2.14. The third-order valence-corrected chi connectivity index (χ3v) is 7.92. The van der Waals surface area contributed by atoms with Gasteiger partial charge in [-0.15, -0.1) is 0 Å². The van der Waals surface area contributed by atoms with Gasteiger partial charge in [-0.05, 0) is 97.5 Å². The highest BCUT2D eigenvalue weighted by Gasteiger charge is 2.26. The van der Waals surface area contributed by atoms with Gasteiger partial charge in [-0.25, -0.2) is 13.2 Å². The number of allylic oxidation sites excluding steroid dienone is 4. The molecule has 2 aromatic rings. The molecule has 4 rings (SSSR count). The predicted octanol–water partition coefficient (Wildman–Crippen LogP) is 9.85. The summed E-state index contributed by atoms with van der Waals surface area (Å²) >= 11 is 0. The van der Waals surface area contributed by atoms with E-state index in [9.17, 15) is 4.39 Å². The van der Waals surface area contributed by atoms with E-state index >= 15 is 8.78 Å². The lowest BCUT2D eigenvalue weighted by atomic mass is 9.77. The van der Waals surface area contributed by atoms with Crippen LogP contribution in [-0.4, -0.2) is 0 Å². The standard InChI is InChI=1S/C31H37F3/c1-3-5-22-7-12-24(13-8-22)27-18-19-28(31(34)30(27)33)25-14-9-23(10-15-25)11-17-26-16-6-21(4-2)20-29(26)32/h9-10,14-16,18-22,24H,3-8,11-13,17H2,1-2H3/t21-,22?,24?/m0/s1. The van der Waals surface area contributed by atoms with Gasteiger partial charge in [0.2, 0.25) is 0 Å². The molecule has 0 radical (unpaired) electrons. The topological polar surface area (TPSA) is 0 Å². The van der Waals surface area contributed by atoms with Crippen LogP contribution < -0.4 is 0 Å². The van der Waals surface area contributed by atoms with Crippen LogP contribution in [0.25, 0.3) is 11.1 Å². The van der Waals surface area contributed by atoms with Gasteiger partial charge in [0, 0.05) is 5.56 Å². The Bertz CT molecular complexity index is 1020. The molecular weight excluding hydrogens is 429 g/mol. The van der Waals surface area contributed by atoms with Crippen LogP contribution in [0, 0.1) is 23.5 Å². The van der Waals surface area contributed by atoms with Crippen LogP contribution in [0.3, 0.4) is 0 Å². The molecule has 1 fully saturated rings. The number of halogens is 3. The molecule has 1 saturated carbocycles. The van der Waals surface area contributed by atoms with E-state index in [-0.39, 0.29) is 11.7 Å². The van der Waals surface area contributed by atoms with Gasteiger partial charge in [0.05, 0.1) is 0 Å². The Morgan fingerprint density at radius 1 is 0.824 bits per heavy atom. The lowest BCUT2D eigenvalue weighted by Gasteiger charge is -2.29. The highest BCUT2D eigenvalue weighted by atomic mass is 19.2. The number of rotatable bonds is 8. The fourth-order valence-corrected chi connectivity index (χ4v) is 5.68. The SMILES string of the molecule is CCCC1CCC(c2ccc(-c3ccc(CCC4=CC[C@H](CC)C=C4F)cc3)c(F)c2F)CC1. The van der Waals surface area contributed by atoms with Crippen LogP contribution >= 0.6 is 0 Å². The lowest BCUT2D eigenvalue weighted by molar-refractivity contribution is 0.303. The van der Waals surface area contributed by atoms with Crippen molar-refractivity contribution in [1.29, 1.82) is 0 Å². The van der Waals surface area contributed by atoms with Crippen molar-refractivity contribution >= 4 is 0 Å². The Morgan fingerprint density at radius 3 is 2.21 bits per heavy atom. The molecule has 182 valence electrons. The van der Waals surface area contributed by atoms with Gasteiger partial charge in [0.1, 0.15) is 5.83 Å². The molecule has 2 aromatic carbocycles. The van der Waals surface area contributed by atoms with E-state index in [0.717, 1.165) is 62.0 Å². The Hall–Kier alpha value is -2.29. The van der Waals surface area contributed by atoms with Crippen LogP contribution in [0.2, 0.25) is 0 Å². The maximum Gasteiger partial charge on any atom is 0.166 e. The first-order chi connectivity index (χ1) is 16.5. The second-order valence-corrected chi connectivity index (χ2v) is 10.2. The van der Waals surface area contributed by atoms with Gasteiger partial charge >= 0.3 is 0 Å². The summed E-state index contributed by atoms with van der Waals surface area (Å²) in [5, 5.41) is 0. The van der Waals surface area contributed by atoms with Crippen LogP contribution in [0.4, 0.5) is 13.2 Å². The van der Waals surface area contributed by atoms with E-state index in [1.54, 1.807) is 18.2 Å². The second kappa shape index (κ2) is 11.4. The first-order valence-corrected chi connectivity index (χ1v) is 13.1. The van der Waals surface area contributed by atoms with Gasteiger partial charge in [0.15, 0.2) is 11.6 Å². The zero-order chi connectivity index (χ0) is 24.1. The fraction of sp³-hybridized carbons (Fsp3) is 0.484. The minimum Gasteiger partial charge on any atom is -0.207 e. The van der Waals surface area contributed by atoms with Gasteiger partial charge in [-0.1, -0.05) is 69.2 Å². The number of aryl methyl sites for hydroxylation is 1. The molecular formula is C31H37F3. The number of benzene rings is 2. The average Bonchev–Trinajstić information content (AvgIpc) is 2.86. The van der Waals surface area contributed by atoms with Crippen LogP contribution in [0.15, 0.2) is 60.0 Å². The molecule has 0 aromatic heterocycles. The first-order valence-electron chi connectivity index (χ1n) is 13.1. The molecule has 0 unspecified atom stereocenters. The van der Waals surface area contributed by atoms with Crippen LogP contribution in [0.1, 0.15) is 88.7 Å². The van der Waals surface area contributed by atoms with Gasteiger partial charge in [0.25, 0.3) is 0 Å². The third-order valence-electron chi connectivity index (χ3n) is 7.92. The van der Waals surface area contributed by atoms with E-state index in [2.05, 4.69) is 13.8 Å². The molecule has 0 bridgehead atoms. The van der Waals surface area contributed by atoms with Crippen molar-refractivity contribution in [1.82, 2.24) is 0 Å². The monoisotopic (exact) mass is 466 g/mol. The summed E-state index contributed by atoms with van der Waals surface area (Å²) in [6, 6.07) is 11.1. The molecule has 0 saturated heterocycles. The van der Waals surface area contributed by atoms with Gasteiger partial charge < -0.3 is 0 Å². The van der Waals surface area contributed by atoms with Gasteiger partial charge in [-0.3, -0.25) is 0 Å². The molecule has 1 atom stereocenters. The van der Waals surface area contributed by atoms with E-state index < -0.39 is 11.6 Å². The highest BCUT2D eigenvalue weighted by Crippen LogP contribution is 2.40. The molecule has 0 nitrogen and oxygen atoms in total. The zero-order valence-electron chi connectivity index (χ0n) is 20.6. The Kier molecular flexibility index (Phi) is 8.34. The van der Waals surface area contributed by atoms with E-state index in [1.807, 2.05) is 30.3 Å². The van der Waals surface area contributed by atoms with Crippen molar-refractivity contribution in [2.45, 2.75) is 84.0 Å². The summed E-state index contributed by atoms with van der Waals surface area (Å²) in [4.78, 5) is 0. The Labute approximate surface area is 203 Å². The third kappa shape index (κ3) is 5.67. The largest absolute Gasteiger partial charge is 0.207 e. The average molecular weight is 467 g/mol. The predicted molar refractivity (Wildman–Crippen MR) is 135 cm³/mol. The number of hydrogen-bond donors (Lipinski definition) is 0. The molecule has 0 spiro atoms. The molecule has 0 amide bonds. The second-order valence-electron chi connectivity index (χ2n) is 10.2. The highest BCUT2D eigenvalue weighted by molar-refractivity contribution is 5.65. The summed E-state index contributed by atoms with van der Waals surface area (Å²) in [6.45, 7) is 4.29. The van der Waals surface area contributed by atoms with Crippen molar-refractivity contribution in [2.75, 3.05) is 0 Å². The molecule has 2 aliphatic rings. The molecule has 0 aliphatic heterocycles. The summed E-state index contributed by atoms with van der Waals surface area (Å²) in [6.07, 6.45) is 13.5. The fourth-order valence-electron chi connectivity index (χ4n) is 5.68. The molecule has 0 N–H and O–H groups in total. The summed E-state index contributed by atoms with van der Waals surface area (Å²) < 4.78 is 44.4. The van der Waals surface area contributed by atoms with Crippen molar-refractivity contribution < 1.29 is 13.2 Å². The van der Waals surface area contributed by atoms with Crippen LogP contribution in [0.5, 0.6) is 0 Å². The quantitative estimate of drug-likeness (QED) is 0.363. The maximum absolute atomic E-state index is 15.1. The number of hydrogen-bond acceptors (Lipinski definition) is 0. The van der Waals surface area contributed by atoms with E-state index in [1.165, 1.54) is 12.8 Å². The Balaban J connectivity index is 1.40. The molecule has 3 heteroatoms. The molecule has 0 heterocycles. The normalized spacial score (nSPS) is 22.9. The van der Waals surface area contributed by atoms with E-state index in [0.29, 0.717) is 29.0 Å². The molecule has 2 aliphatic carbocycles. The Morgan fingerprint density at radius 2 is 1.56 bits per heavy atom. The smallest absolute Gasteiger partial charge is 0.166 e. The zero-order valence-corrected chi connectivity index (χ0v) is 20.6. The van der Waals surface area contributed by atoms with Crippen molar-refractivity contribution in [3.8, 4) is 11.1 Å². The van der Waals surface area contributed by atoms with Gasteiger partial charge in [-0.2, -0.15) is 0 Å². The minimum absolute atomic E-state index is 0.0915. The van der Waals surface area contributed by atoms with E-state index in [4.69, 9.17) is 0 Å². The van der Waals surface area contributed by atoms with Crippen molar-refractivity contribution in [3.63, 3.8) is 0 Å².